The first-order chi connectivity index (χ1) is 10.8. The summed E-state index contributed by atoms with van der Waals surface area (Å²) in [5.41, 5.74) is 9.03. The van der Waals surface area contributed by atoms with Gasteiger partial charge in [-0.2, -0.15) is 0 Å². The monoisotopic (exact) mass is 300 g/mol. The van der Waals surface area contributed by atoms with Crippen LogP contribution in [-0.2, 0) is 6.54 Å². The zero-order valence-electron chi connectivity index (χ0n) is 13.2. The molecule has 1 fully saturated rings. The summed E-state index contributed by atoms with van der Waals surface area (Å²) in [6, 6.07) is 8.03. The summed E-state index contributed by atoms with van der Waals surface area (Å²) in [5.74, 6) is 1.40. The number of nitrogens with two attached hydrogens (primary N) is 1. The molecule has 3 rings (SSSR count). The van der Waals surface area contributed by atoms with Gasteiger partial charge in [-0.25, -0.2) is 4.68 Å². The molecule has 0 atom stereocenters. The summed E-state index contributed by atoms with van der Waals surface area (Å²) in [6.45, 7) is 3.11. The Morgan fingerprint density at radius 3 is 2.55 bits per heavy atom. The van der Waals surface area contributed by atoms with Gasteiger partial charge in [0.2, 0.25) is 0 Å². The Balaban J connectivity index is 1.94. The van der Waals surface area contributed by atoms with Crippen molar-refractivity contribution in [3.63, 3.8) is 0 Å². The smallest absolute Gasteiger partial charge is 0.119 e. The van der Waals surface area contributed by atoms with Crippen LogP contribution in [0.5, 0.6) is 5.75 Å². The average molecular weight is 300 g/mol. The highest BCUT2D eigenvalue weighted by atomic mass is 16.5. The Labute approximate surface area is 131 Å². The number of hydrogen-bond donors (Lipinski definition) is 1. The molecule has 1 heterocycles. The maximum atomic E-state index is 5.88. The van der Waals surface area contributed by atoms with Gasteiger partial charge in [-0.15, -0.1) is 5.10 Å². The van der Waals surface area contributed by atoms with Gasteiger partial charge < -0.3 is 10.5 Å². The molecule has 0 amide bonds. The highest BCUT2D eigenvalue weighted by molar-refractivity contribution is 5.39. The van der Waals surface area contributed by atoms with Crippen LogP contribution in [0.15, 0.2) is 24.3 Å². The molecule has 5 heteroatoms. The molecule has 0 unspecified atom stereocenters. The van der Waals surface area contributed by atoms with E-state index in [-0.39, 0.29) is 0 Å². The van der Waals surface area contributed by atoms with E-state index in [9.17, 15) is 0 Å². The molecule has 2 aromatic rings. The van der Waals surface area contributed by atoms with Crippen molar-refractivity contribution in [2.75, 3.05) is 6.61 Å². The first kappa shape index (κ1) is 15.0. The Hall–Kier alpha value is -1.88. The van der Waals surface area contributed by atoms with Gasteiger partial charge in [0.1, 0.15) is 11.4 Å². The molecular formula is C17H24N4O. The number of rotatable bonds is 5. The van der Waals surface area contributed by atoms with Crippen LogP contribution in [0.1, 0.15) is 56.3 Å². The Morgan fingerprint density at radius 1 is 1.18 bits per heavy atom. The molecule has 1 aliphatic carbocycles. The van der Waals surface area contributed by atoms with Crippen LogP contribution in [0, 0.1) is 0 Å². The van der Waals surface area contributed by atoms with Crippen molar-refractivity contribution in [1.29, 1.82) is 0 Å². The van der Waals surface area contributed by atoms with E-state index in [1.54, 1.807) is 0 Å². The van der Waals surface area contributed by atoms with Crippen molar-refractivity contribution in [3.05, 3.63) is 35.7 Å². The molecule has 0 spiro atoms. The molecule has 5 nitrogen and oxygen atoms in total. The zero-order valence-corrected chi connectivity index (χ0v) is 13.2. The zero-order chi connectivity index (χ0) is 15.4. The Morgan fingerprint density at radius 2 is 1.91 bits per heavy atom. The van der Waals surface area contributed by atoms with E-state index in [2.05, 4.69) is 10.3 Å². The summed E-state index contributed by atoms with van der Waals surface area (Å²) >= 11 is 0. The van der Waals surface area contributed by atoms with Crippen molar-refractivity contribution in [3.8, 4) is 11.4 Å². The third kappa shape index (κ3) is 2.99. The Bertz CT molecular complexity index is 600. The summed E-state index contributed by atoms with van der Waals surface area (Å²) in [4.78, 5) is 0. The van der Waals surface area contributed by atoms with Gasteiger partial charge in [0.15, 0.2) is 0 Å². The van der Waals surface area contributed by atoms with Crippen molar-refractivity contribution in [2.45, 2.75) is 51.5 Å². The molecule has 0 bridgehead atoms. The quantitative estimate of drug-likeness (QED) is 0.921. The summed E-state index contributed by atoms with van der Waals surface area (Å²) in [6.07, 6.45) is 6.31. The minimum atomic E-state index is 0.447. The van der Waals surface area contributed by atoms with Crippen LogP contribution >= 0.6 is 0 Å². The van der Waals surface area contributed by atoms with E-state index < -0.39 is 0 Å². The molecule has 1 aromatic carbocycles. The van der Waals surface area contributed by atoms with E-state index in [4.69, 9.17) is 10.5 Å². The van der Waals surface area contributed by atoms with Gasteiger partial charge in [0.05, 0.1) is 18.0 Å². The normalized spacial score (nSPS) is 15.9. The molecule has 0 radical (unpaired) electrons. The number of aromatic nitrogens is 3. The van der Waals surface area contributed by atoms with E-state index in [1.165, 1.54) is 37.8 Å². The molecule has 0 saturated heterocycles. The summed E-state index contributed by atoms with van der Waals surface area (Å²) in [5, 5.41) is 8.66. The van der Waals surface area contributed by atoms with Crippen LogP contribution in [0.4, 0.5) is 0 Å². The van der Waals surface area contributed by atoms with E-state index >= 15 is 0 Å². The second-order valence-electron chi connectivity index (χ2n) is 5.80. The van der Waals surface area contributed by atoms with Crippen molar-refractivity contribution in [1.82, 2.24) is 15.0 Å². The number of ether oxygens (including phenoxy) is 1. The molecule has 1 aromatic heterocycles. The Kier molecular flexibility index (Phi) is 4.73. The van der Waals surface area contributed by atoms with E-state index in [0.29, 0.717) is 19.1 Å². The van der Waals surface area contributed by atoms with Crippen molar-refractivity contribution >= 4 is 0 Å². The molecule has 2 N–H and O–H groups in total. The SMILES string of the molecule is CCOc1ccc(-n2nnc(CN)c2C2CCCCC2)cc1. The van der Waals surface area contributed by atoms with Crippen LogP contribution in [0.25, 0.3) is 5.69 Å². The van der Waals surface area contributed by atoms with Crippen molar-refractivity contribution < 1.29 is 4.74 Å². The third-order valence-electron chi connectivity index (χ3n) is 4.36. The van der Waals surface area contributed by atoms with Crippen molar-refractivity contribution in [2.24, 2.45) is 5.73 Å². The van der Waals surface area contributed by atoms with Crippen LogP contribution < -0.4 is 10.5 Å². The van der Waals surface area contributed by atoms with Gasteiger partial charge >= 0.3 is 0 Å². The highest BCUT2D eigenvalue weighted by Crippen LogP contribution is 2.34. The fourth-order valence-corrected chi connectivity index (χ4v) is 3.29. The van der Waals surface area contributed by atoms with E-state index in [1.807, 2.05) is 35.9 Å². The van der Waals surface area contributed by atoms with Gasteiger partial charge in [-0.05, 0) is 44.0 Å². The number of hydrogen-bond acceptors (Lipinski definition) is 4. The van der Waals surface area contributed by atoms with Crippen LogP contribution in [-0.4, -0.2) is 21.6 Å². The van der Waals surface area contributed by atoms with Crippen LogP contribution in [0.2, 0.25) is 0 Å². The van der Waals surface area contributed by atoms with Gasteiger partial charge in [-0.1, -0.05) is 24.5 Å². The standard InChI is InChI=1S/C17H24N4O/c1-2-22-15-10-8-14(9-11-15)21-17(16(12-18)19-20-21)13-6-4-3-5-7-13/h8-11,13H,2-7,12,18H2,1H3. The van der Waals surface area contributed by atoms with Gasteiger partial charge in [0.25, 0.3) is 0 Å². The molecular weight excluding hydrogens is 276 g/mol. The van der Waals surface area contributed by atoms with Gasteiger partial charge in [-0.3, -0.25) is 0 Å². The van der Waals surface area contributed by atoms with Gasteiger partial charge in [0, 0.05) is 12.5 Å². The topological polar surface area (TPSA) is 66.0 Å². The largest absolute Gasteiger partial charge is 0.494 e. The molecule has 118 valence electrons. The highest BCUT2D eigenvalue weighted by Gasteiger charge is 2.24. The molecule has 1 saturated carbocycles. The fraction of sp³-hybridized carbons (Fsp3) is 0.529. The lowest BCUT2D eigenvalue weighted by Crippen LogP contribution is -2.14. The maximum absolute atomic E-state index is 5.88. The van der Waals surface area contributed by atoms with E-state index in [0.717, 1.165) is 17.1 Å². The molecule has 0 aliphatic heterocycles. The first-order valence-electron chi connectivity index (χ1n) is 8.21. The lowest BCUT2D eigenvalue weighted by atomic mass is 9.86. The predicted octanol–water partition coefficient (Wildman–Crippen LogP) is 3.17. The third-order valence-corrected chi connectivity index (χ3v) is 4.36. The summed E-state index contributed by atoms with van der Waals surface area (Å²) < 4.78 is 7.47. The molecule has 22 heavy (non-hydrogen) atoms. The minimum absolute atomic E-state index is 0.447. The summed E-state index contributed by atoms with van der Waals surface area (Å²) in [7, 11) is 0. The number of nitrogens with zero attached hydrogens (tertiary/aromatic N) is 3. The van der Waals surface area contributed by atoms with Crippen LogP contribution in [0.3, 0.4) is 0 Å². The fourth-order valence-electron chi connectivity index (χ4n) is 3.29. The lowest BCUT2D eigenvalue weighted by Gasteiger charge is -2.23. The average Bonchev–Trinajstić information content (AvgIpc) is 3.00. The minimum Gasteiger partial charge on any atom is -0.494 e. The first-order valence-corrected chi connectivity index (χ1v) is 8.21. The predicted molar refractivity (Wildman–Crippen MR) is 86.2 cm³/mol. The molecule has 1 aliphatic rings. The lowest BCUT2D eigenvalue weighted by molar-refractivity contribution is 0.340. The second kappa shape index (κ2) is 6.92. The second-order valence-corrected chi connectivity index (χ2v) is 5.80. The maximum Gasteiger partial charge on any atom is 0.119 e. The number of benzene rings is 1.